The van der Waals surface area contributed by atoms with E-state index in [0.29, 0.717) is 17.9 Å². The van der Waals surface area contributed by atoms with Crippen LogP contribution in [0.1, 0.15) is 15.9 Å². The van der Waals surface area contributed by atoms with Crippen LogP contribution < -0.4 is 14.2 Å². The Balaban J connectivity index is 1.84. The number of carbonyl (C=O) groups excluding carboxylic acids is 1. The van der Waals surface area contributed by atoms with E-state index in [9.17, 15) is 4.79 Å². The van der Waals surface area contributed by atoms with E-state index in [-0.39, 0.29) is 5.78 Å². The lowest BCUT2D eigenvalue weighted by Crippen LogP contribution is -2.09. The van der Waals surface area contributed by atoms with Gasteiger partial charge in [0, 0.05) is 5.75 Å². The first-order valence-electron chi connectivity index (χ1n) is 7.55. The average Bonchev–Trinajstić information content (AvgIpc) is 2.65. The Hall–Kier alpha value is -2.40. The molecule has 0 saturated carbocycles. The van der Waals surface area contributed by atoms with Gasteiger partial charge in [0.25, 0.3) is 0 Å². The fraction of sp³-hybridized carbons (Fsp3) is 0.211. The number of hydrogen-bond donors (Lipinski definition) is 0. The Morgan fingerprint density at radius 1 is 1.17 bits per heavy atom. The summed E-state index contributed by atoms with van der Waals surface area (Å²) in [6.45, 7) is 0.652. The van der Waals surface area contributed by atoms with Gasteiger partial charge in [0.2, 0.25) is 0 Å². The number of ether oxygens (including phenoxy) is 3. The third-order valence-corrected chi connectivity index (χ3v) is 4.67. The predicted molar refractivity (Wildman–Crippen MR) is 95.6 cm³/mol. The van der Waals surface area contributed by atoms with Crippen LogP contribution in [0.4, 0.5) is 0 Å². The van der Waals surface area contributed by atoms with E-state index in [1.807, 2.05) is 30.3 Å². The zero-order chi connectivity index (χ0) is 16.9. The topological polar surface area (TPSA) is 44.8 Å². The third-order valence-electron chi connectivity index (χ3n) is 3.67. The molecule has 0 N–H and O–H groups in total. The molecule has 0 amide bonds. The summed E-state index contributed by atoms with van der Waals surface area (Å²) < 4.78 is 16.1. The highest BCUT2D eigenvalue weighted by molar-refractivity contribution is 7.99. The average molecular weight is 342 g/mol. The molecule has 0 fully saturated rings. The van der Waals surface area contributed by atoms with Crippen LogP contribution in [0.15, 0.2) is 47.4 Å². The van der Waals surface area contributed by atoms with Crippen LogP contribution >= 0.6 is 11.8 Å². The second kappa shape index (κ2) is 7.45. The molecule has 4 nitrogen and oxygen atoms in total. The number of carbonyl (C=O) groups is 1. The Bertz CT molecular complexity index is 766. The second-order valence-electron chi connectivity index (χ2n) is 5.17. The molecule has 24 heavy (non-hydrogen) atoms. The molecule has 0 atom stereocenters. The van der Waals surface area contributed by atoms with E-state index < -0.39 is 0 Å². The minimum Gasteiger partial charge on any atom is -0.497 e. The van der Waals surface area contributed by atoms with Crippen molar-refractivity contribution in [3.8, 4) is 17.2 Å². The van der Waals surface area contributed by atoms with Gasteiger partial charge in [0.05, 0.1) is 31.3 Å². The van der Waals surface area contributed by atoms with Gasteiger partial charge >= 0.3 is 0 Å². The van der Waals surface area contributed by atoms with Gasteiger partial charge in [0.1, 0.15) is 17.2 Å². The molecular formula is C19H18O4S. The minimum atomic E-state index is -0.121. The molecule has 1 aliphatic rings. The zero-order valence-corrected chi connectivity index (χ0v) is 14.4. The monoisotopic (exact) mass is 342 g/mol. The molecule has 0 aliphatic carbocycles. The van der Waals surface area contributed by atoms with Gasteiger partial charge < -0.3 is 14.2 Å². The standard InChI is InChI=1S/C19H18O4S/c1-21-14-6-3-13(4-7-14)5-8-16(20)15-11-18-19(12-17(15)22-2)24-10-9-23-18/h3-8,11-12H,9-10H2,1-2H3. The molecule has 2 aromatic rings. The number of rotatable bonds is 5. The van der Waals surface area contributed by atoms with Gasteiger partial charge in [-0.1, -0.05) is 18.2 Å². The Labute approximate surface area is 145 Å². The molecule has 1 heterocycles. The summed E-state index contributed by atoms with van der Waals surface area (Å²) in [7, 11) is 3.19. The lowest BCUT2D eigenvalue weighted by Gasteiger charge is -2.18. The highest BCUT2D eigenvalue weighted by atomic mass is 32.2. The maximum absolute atomic E-state index is 12.6. The smallest absolute Gasteiger partial charge is 0.189 e. The van der Waals surface area contributed by atoms with Crippen LogP contribution in [0.5, 0.6) is 17.2 Å². The molecule has 0 spiro atoms. The van der Waals surface area contributed by atoms with Crippen molar-refractivity contribution >= 4 is 23.6 Å². The van der Waals surface area contributed by atoms with Crippen LogP contribution in [0, 0.1) is 0 Å². The highest BCUT2D eigenvalue weighted by Crippen LogP contribution is 2.38. The van der Waals surface area contributed by atoms with E-state index in [1.54, 1.807) is 44.2 Å². The van der Waals surface area contributed by atoms with Crippen molar-refractivity contribution < 1.29 is 19.0 Å². The van der Waals surface area contributed by atoms with Gasteiger partial charge in [-0.3, -0.25) is 4.79 Å². The lowest BCUT2D eigenvalue weighted by molar-refractivity contribution is 0.104. The molecule has 0 bridgehead atoms. The lowest BCUT2D eigenvalue weighted by atomic mass is 10.1. The number of methoxy groups -OCH3 is 2. The van der Waals surface area contributed by atoms with Crippen LogP contribution in [0.25, 0.3) is 6.08 Å². The van der Waals surface area contributed by atoms with E-state index in [1.165, 1.54) is 0 Å². The molecule has 2 aromatic carbocycles. The summed E-state index contributed by atoms with van der Waals surface area (Å²) in [5.41, 5.74) is 1.43. The third kappa shape index (κ3) is 3.57. The van der Waals surface area contributed by atoms with Crippen molar-refractivity contribution in [1.29, 1.82) is 0 Å². The van der Waals surface area contributed by atoms with Crippen molar-refractivity contribution in [3.05, 3.63) is 53.6 Å². The van der Waals surface area contributed by atoms with E-state index in [0.717, 1.165) is 27.7 Å². The first-order valence-corrected chi connectivity index (χ1v) is 8.54. The number of thioether (sulfide) groups is 1. The van der Waals surface area contributed by atoms with E-state index >= 15 is 0 Å². The molecule has 5 heteroatoms. The Morgan fingerprint density at radius 3 is 2.67 bits per heavy atom. The van der Waals surface area contributed by atoms with Crippen LogP contribution in [-0.2, 0) is 0 Å². The van der Waals surface area contributed by atoms with Crippen molar-refractivity contribution in [2.24, 2.45) is 0 Å². The number of ketones is 1. The maximum Gasteiger partial charge on any atom is 0.189 e. The normalized spacial score (nSPS) is 13.2. The minimum absolute atomic E-state index is 0.121. The van der Waals surface area contributed by atoms with Gasteiger partial charge in [-0.05, 0) is 35.9 Å². The van der Waals surface area contributed by atoms with Gasteiger partial charge in [-0.25, -0.2) is 0 Å². The molecule has 0 aromatic heterocycles. The van der Waals surface area contributed by atoms with Crippen molar-refractivity contribution in [2.45, 2.75) is 4.90 Å². The number of benzene rings is 2. The fourth-order valence-corrected chi connectivity index (χ4v) is 3.25. The van der Waals surface area contributed by atoms with Crippen molar-refractivity contribution in [3.63, 3.8) is 0 Å². The second-order valence-corrected chi connectivity index (χ2v) is 6.30. The predicted octanol–water partition coefficient (Wildman–Crippen LogP) is 4.08. The Kier molecular flexibility index (Phi) is 5.11. The molecule has 0 saturated heterocycles. The molecule has 1 aliphatic heterocycles. The van der Waals surface area contributed by atoms with Crippen LogP contribution in [0.3, 0.4) is 0 Å². The zero-order valence-electron chi connectivity index (χ0n) is 13.6. The summed E-state index contributed by atoms with van der Waals surface area (Å²) in [4.78, 5) is 13.6. The first-order chi connectivity index (χ1) is 11.7. The molecule has 0 radical (unpaired) electrons. The largest absolute Gasteiger partial charge is 0.497 e. The first kappa shape index (κ1) is 16.5. The fourth-order valence-electron chi connectivity index (χ4n) is 2.41. The summed E-state index contributed by atoms with van der Waals surface area (Å²) in [5, 5.41) is 0. The SMILES string of the molecule is COc1ccc(C=CC(=O)c2cc3c(cc2OC)SCCO3)cc1. The maximum atomic E-state index is 12.6. The number of fused-ring (bicyclic) bond motifs is 1. The van der Waals surface area contributed by atoms with Crippen LogP contribution in [-0.4, -0.2) is 32.4 Å². The summed E-state index contributed by atoms with van der Waals surface area (Å²) in [6.07, 6.45) is 3.32. The number of hydrogen-bond acceptors (Lipinski definition) is 5. The molecule has 0 unspecified atom stereocenters. The van der Waals surface area contributed by atoms with Crippen molar-refractivity contribution in [1.82, 2.24) is 0 Å². The number of allylic oxidation sites excluding steroid dienone is 1. The van der Waals surface area contributed by atoms with Gasteiger partial charge in [-0.2, -0.15) is 0 Å². The summed E-state index contributed by atoms with van der Waals surface area (Å²) in [5.74, 6) is 2.87. The van der Waals surface area contributed by atoms with Crippen molar-refractivity contribution in [2.75, 3.05) is 26.6 Å². The van der Waals surface area contributed by atoms with E-state index in [4.69, 9.17) is 14.2 Å². The summed E-state index contributed by atoms with van der Waals surface area (Å²) in [6, 6.07) is 11.1. The van der Waals surface area contributed by atoms with Crippen LogP contribution in [0.2, 0.25) is 0 Å². The van der Waals surface area contributed by atoms with E-state index in [2.05, 4.69) is 0 Å². The van der Waals surface area contributed by atoms with Gasteiger partial charge in [0.15, 0.2) is 5.78 Å². The summed E-state index contributed by atoms with van der Waals surface area (Å²) >= 11 is 1.71. The highest BCUT2D eigenvalue weighted by Gasteiger charge is 2.18. The molecule has 124 valence electrons. The quantitative estimate of drug-likeness (QED) is 0.605. The molecule has 3 rings (SSSR count). The molecular weight excluding hydrogens is 324 g/mol. The Morgan fingerprint density at radius 2 is 1.96 bits per heavy atom. The van der Waals surface area contributed by atoms with Gasteiger partial charge in [-0.15, -0.1) is 11.8 Å².